The summed E-state index contributed by atoms with van der Waals surface area (Å²) in [6, 6.07) is 0. The molecular formula is C13H23N3O2S. The number of aromatic nitrogens is 1. The highest BCUT2D eigenvalue weighted by molar-refractivity contribution is 7.15. The summed E-state index contributed by atoms with van der Waals surface area (Å²) in [5.41, 5.74) is 0.940. The van der Waals surface area contributed by atoms with Gasteiger partial charge in [-0.05, 0) is 20.9 Å². The molecule has 0 atom stereocenters. The Morgan fingerprint density at radius 3 is 2.95 bits per heavy atom. The maximum Gasteiger partial charge on any atom is 0.186 e. The van der Waals surface area contributed by atoms with E-state index in [4.69, 9.17) is 14.5 Å². The average molecular weight is 285 g/mol. The Kier molecular flexibility index (Phi) is 4.78. The zero-order valence-corrected chi connectivity index (χ0v) is 13.0. The van der Waals surface area contributed by atoms with Crippen LogP contribution in [0.5, 0.6) is 0 Å². The third-order valence-corrected chi connectivity index (χ3v) is 4.24. The van der Waals surface area contributed by atoms with Gasteiger partial charge in [0, 0.05) is 31.6 Å². The van der Waals surface area contributed by atoms with Gasteiger partial charge >= 0.3 is 0 Å². The molecule has 1 aromatic heterocycles. The fourth-order valence-electron chi connectivity index (χ4n) is 2.23. The quantitative estimate of drug-likeness (QED) is 0.891. The van der Waals surface area contributed by atoms with Gasteiger partial charge in [0.05, 0.1) is 24.5 Å². The second-order valence-corrected chi connectivity index (χ2v) is 6.42. The van der Waals surface area contributed by atoms with Gasteiger partial charge in [0.25, 0.3) is 0 Å². The van der Waals surface area contributed by atoms with Gasteiger partial charge in [0.2, 0.25) is 0 Å². The minimum absolute atomic E-state index is 0.103. The van der Waals surface area contributed by atoms with E-state index in [-0.39, 0.29) is 5.60 Å². The summed E-state index contributed by atoms with van der Waals surface area (Å²) in [5, 5.41) is 4.26. The number of rotatable bonds is 5. The highest BCUT2D eigenvalue weighted by Gasteiger charge is 2.29. The second kappa shape index (κ2) is 6.17. The van der Waals surface area contributed by atoms with Crippen molar-refractivity contribution in [2.75, 3.05) is 38.8 Å². The van der Waals surface area contributed by atoms with Crippen LogP contribution < -0.4 is 10.2 Å². The molecule has 0 unspecified atom stereocenters. The molecule has 0 spiro atoms. The van der Waals surface area contributed by atoms with Gasteiger partial charge in [-0.2, -0.15) is 0 Å². The summed E-state index contributed by atoms with van der Waals surface area (Å²) in [4.78, 5) is 8.30. The fraction of sp³-hybridized carbons (Fsp3) is 0.769. The van der Waals surface area contributed by atoms with Crippen molar-refractivity contribution in [2.24, 2.45) is 0 Å². The fourth-order valence-corrected chi connectivity index (χ4v) is 3.33. The Morgan fingerprint density at radius 2 is 2.32 bits per heavy atom. The molecule has 0 radical (unpaired) electrons. The van der Waals surface area contributed by atoms with Crippen molar-refractivity contribution in [1.29, 1.82) is 0 Å². The number of thiazole rings is 1. The Labute approximate surface area is 118 Å². The third-order valence-electron chi connectivity index (χ3n) is 3.08. The molecule has 0 aliphatic carbocycles. The number of nitrogens with one attached hydrogen (secondary N) is 1. The number of hydrogen-bond acceptors (Lipinski definition) is 6. The summed E-state index contributed by atoms with van der Waals surface area (Å²) in [6.45, 7) is 8.20. The van der Waals surface area contributed by atoms with E-state index in [0.717, 1.165) is 37.1 Å². The van der Waals surface area contributed by atoms with E-state index in [1.807, 2.05) is 7.05 Å². The molecule has 0 aromatic carbocycles. The Morgan fingerprint density at radius 1 is 1.53 bits per heavy atom. The molecule has 1 aliphatic rings. The Hall–Kier alpha value is -0.690. The SMILES string of the molecule is CNCc1sc(N2CCOC(C)(C)C2)nc1COC. The maximum absolute atomic E-state index is 5.75. The summed E-state index contributed by atoms with van der Waals surface area (Å²) in [5.74, 6) is 0. The van der Waals surface area contributed by atoms with Gasteiger partial charge in [0.1, 0.15) is 0 Å². The van der Waals surface area contributed by atoms with Crippen LogP contribution in [0.2, 0.25) is 0 Å². The van der Waals surface area contributed by atoms with Crippen molar-refractivity contribution < 1.29 is 9.47 Å². The van der Waals surface area contributed by atoms with Crippen LogP contribution in [-0.4, -0.2) is 44.4 Å². The lowest BCUT2D eigenvalue weighted by Gasteiger charge is -2.38. The van der Waals surface area contributed by atoms with E-state index in [1.165, 1.54) is 4.88 Å². The predicted molar refractivity (Wildman–Crippen MR) is 77.8 cm³/mol. The van der Waals surface area contributed by atoms with Crippen molar-refractivity contribution >= 4 is 16.5 Å². The minimum atomic E-state index is -0.103. The molecule has 1 saturated heterocycles. The van der Waals surface area contributed by atoms with Crippen LogP contribution in [0.4, 0.5) is 5.13 Å². The zero-order valence-electron chi connectivity index (χ0n) is 12.2. The van der Waals surface area contributed by atoms with Crippen LogP contribution in [0, 0.1) is 0 Å². The van der Waals surface area contributed by atoms with Gasteiger partial charge in [0.15, 0.2) is 5.13 Å². The monoisotopic (exact) mass is 285 g/mol. The predicted octanol–water partition coefficient (Wildman–Crippen LogP) is 1.62. The van der Waals surface area contributed by atoms with Crippen molar-refractivity contribution in [1.82, 2.24) is 10.3 Å². The lowest BCUT2D eigenvalue weighted by Crippen LogP contribution is -2.48. The van der Waals surface area contributed by atoms with Gasteiger partial charge in [-0.1, -0.05) is 0 Å². The minimum Gasteiger partial charge on any atom is -0.378 e. The van der Waals surface area contributed by atoms with E-state index in [1.54, 1.807) is 18.4 Å². The van der Waals surface area contributed by atoms with Crippen LogP contribution in [0.1, 0.15) is 24.4 Å². The second-order valence-electron chi connectivity index (χ2n) is 5.36. The lowest BCUT2D eigenvalue weighted by molar-refractivity contribution is -0.0277. The van der Waals surface area contributed by atoms with Crippen molar-refractivity contribution in [3.05, 3.63) is 10.6 Å². The molecule has 1 aromatic rings. The van der Waals surface area contributed by atoms with Crippen LogP contribution in [-0.2, 0) is 22.6 Å². The van der Waals surface area contributed by atoms with E-state index < -0.39 is 0 Å². The van der Waals surface area contributed by atoms with E-state index in [0.29, 0.717) is 6.61 Å². The van der Waals surface area contributed by atoms with E-state index in [9.17, 15) is 0 Å². The number of anilines is 1. The Bertz CT molecular complexity index is 397. The molecule has 5 nitrogen and oxygen atoms in total. The first-order chi connectivity index (χ1) is 9.05. The number of nitrogens with zero attached hydrogens (tertiary/aromatic N) is 2. The number of hydrogen-bond donors (Lipinski definition) is 1. The summed E-state index contributed by atoms with van der Waals surface area (Å²) in [7, 11) is 3.66. The van der Waals surface area contributed by atoms with E-state index >= 15 is 0 Å². The van der Waals surface area contributed by atoms with Crippen LogP contribution in [0.3, 0.4) is 0 Å². The molecule has 6 heteroatoms. The summed E-state index contributed by atoms with van der Waals surface area (Å²) < 4.78 is 11.0. The van der Waals surface area contributed by atoms with Gasteiger partial charge in [-0.15, -0.1) is 11.3 Å². The molecule has 2 rings (SSSR count). The largest absolute Gasteiger partial charge is 0.378 e. The first kappa shape index (κ1) is 14.7. The molecule has 0 bridgehead atoms. The Balaban J connectivity index is 2.17. The normalized spacial score (nSPS) is 18.8. The molecule has 0 saturated carbocycles. The third kappa shape index (κ3) is 3.66. The van der Waals surface area contributed by atoms with Crippen molar-refractivity contribution in [3.8, 4) is 0 Å². The molecule has 1 fully saturated rings. The molecule has 1 aliphatic heterocycles. The smallest absolute Gasteiger partial charge is 0.186 e. The number of methoxy groups -OCH3 is 1. The van der Waals surface area contributed by atoms with Gasteiger partial charge in [-0.3, -0.25) is 0 Å². The van der Waals surface area contributed by atoms with Crippen molar-refractivity contribution in [2.45, 2.75) is 32.6 Å². The van der Waals surface area contributed by atoms with Crippen LogP contribution in [0.25, 0.3) is 0 Å². The zero-order chi connectivity index (χ0) is 13.9. The highest BCUT2D eigenvalue weighted by atomic mass is 32.1. The summed E-state index contributed by atoms with van der Waals surface area (Å²) in [6.07, 6.45) is 0. The molecular weight excluding hydrogens is 262 g/mol. The molecule has 1 N–H and O–H groups in total. The summed E-state index contributed by atoms with van der Waals surface area (Å²) >= 11 is 1.75. The first-order valence-corrected chi connectivity index (χ1v) is 7.38. The standard InChI is InChI=1S/C13H23N3O2S/c1-13(2)9-16(5-6-18-13)12-15-10(8-17-4)11(19-12)7-14-3/h14H,5-9H2,1-4H3. The average Bonchev–Trinajstić information content (AvgIpc) is 2.72. The first-order valence-electron chi connectivity index (χ1n) is 6.57. The van der Waals surface area contributed by atoms with Gasteiger partial charge < -0.3 is 19.7 Å². The van der Waals surface area contributed by atoms with Crippen molar-refractivity contribution in [3.63, 3.8) is 0 Å². The molecule has 19 heavy (non-hydrogen) atoms. The van der Waals surface area contributed by atoms with E-state index in [2.05, 4.69) is 24.1 Å². The number of morpholine rings is 1. The maximum atomic E-state index is 5.75. The topological polar surface area (TPSA) is 46.6 Å². The highest BCUT2D eigenvalue weighted by Crippen LogP contribution is 2.30. The van der Waals surface area contributed by atoms with Crippen LogP contribution in [0.15, 0.2) is 0 Å². The number of ether oxygens (including phenoxy) is 2. The molecule has 108 valence electrons. The lowest BCUT2D eigenvalue weighted by atomic mass is 10.1. The molecule has 2 heterocycles. The van der Waals surface area contributed by atoms with Crippen LogP contribution >= 0.6 is 11.3 Å². The molecule has 0 amide bonds. The van der Waals surface area contributed by atoms with Gasteiger partial charge in [-0.25, -0.2) is 4.98 Å².